The average Bonchev–Trinajstić information content (AvgIpc) is 2.64. The Balaban J connectivity index is 2.04. The zero-order chi connectivity index (χ0) is 17.2. The first-order valence-electron chi connectivity index (χ1n) is 10.7. The lowest BCUT2D eigenvalue weighted by molar-refractivity contribution is 0.119. The van der Waals surface area contributed by atoms with Crippen LogP contribution in [0.25, 0.3) is 0 Å². The number of hydrogen-bond acceptors (Lipinski definition) is 0. The van der Waals surface area contributed by atoms with Crippen LogP contribution in [0.1, 0.15) is 100 Å². The lowest BCUT2D eigenvalue weighted by atomic mass is 9.56. The molecule has 2 aliphatic rings. The second kappa shape index (κ2) is 7.63. The van der Waals surface area contributed by atoms with Crippen LogP contribution < -0.4 is 0 Å². The van der Waals surface area contributed by atoms with Crippen molar-refractivity contribution in [1.82, 2.24) is 0 Å². The van der Waals surface area contributed by atoms with Gasteiger partial charge in [-0.25, -0.2) is 0 Å². The van der Waals surface area contributed by atoms with Crippen molar-refractivity contribution in [1.29, 1.82) is 0 Å². The molecule has 0 bridgehead atoms. The molecule has 2 fully saturated rings. The fraction of sp³-hybridized carbons (Fsp3) is 0.750. The summed E-state index contributed by atoms with van der Waals surface area (Å²) in [5.41, 5.74) is 6.83. The summed E-state index contributed by atoms with van der Waals surface area (Å²) in [7, 11) is 0. The van der Waals surface area contributed by atoms with E-state index in [0.29, 0.717) is 5.41 Å². The standard InChI is InChI=1S/C24H38/c1-5-21-16-18(2)19(3)17-23(21)24(14-10-7-11-15-24)20(4)22-12-8-6-9-13-22/h16-17,20,22H,5-15H2,1-4H3. The molecular formula is C24H38. The molecule has 3 rings (SSSR count). The third-order valence-electron chi connectivity index (χ3n) is 7.61. The van der Waals surface area contributed by atoms with Crippen molar-refractivity contribution in [3.8, 4) is 0 Å². The van der Waals surface area contributed by atoms with Crippen molar-refractivity contribution in [3.63, 3.8) is 0 Å². The van der Waals surface area contributed by atoms with Crippen LogP contribution in [0.2, 0.25) is 0 Å². The molecule has 134 valence electrons. The van der Waals surface area contributed by atoms with Crippen LogP contribution in [-0.4, -0.2) is 0 Å². The second-order valence-corrected chi connectivity index (χ2v) is 8.85. The second-order valence-electron chi connectivity index (χ2n) is 8.85. The SMILES string of the molecule is CCc1cc(C)c(C)cc1C1(C(C)C2CCCCC2)CCCCC1. The number of aryl methyl sites for hydroxylation is 3. The van der Waals surface area contributed by atoms with E-state index < -0.39 is 0 Å². The number of benzene rings is 1. The molecule has 0 saturated heterocycles. The van der Waals surface area contributed by atoms with Crippen molar-refractivity contribution >= 4 is 0 Å². The molecule has 0 radical (unpaired) electrons. The highest BCUT2D eigenvalue weighted by Gasteiger charge is 2.43. The van der Waals surface area contributed by atoms with Crippen LogP contribution in [0.3, 0.4) is 0 Å². The molecule has 1 aromatic carbocycles. The van der Waals surface area contributed by atoms with Crippen molar-refractivity contribution in [2.45, 2.75) is 104 Å². The molecule has 0 spiro atoms. The Kier molecular flexibility index (Phi) is 5.73. The monoisotopic (exact) mass is 326 g/mol. The first-order chi connectivity index (χ1) is 11.6. The van der Waals surface area contributed by atoms with Gasteiger partial charge < -0.3 is 0 Å². The molecule has 1 atom stereocenters. The number of hydrogen-bond donors (Lipinski definition) is 0. The minimum absolute atomic E-state index is 0.462. The zero-order valence-electron chi connectivity index (χ0n) is 16.6. The quantitative estimate of drug-likeness (QED) is 0.545. The predicted molar refractivity (Wildman–Crippen MR) is 106 cm³/mol. The Bertz CT molecular complexity index is 541. The Morgan fingerprint density at radius 1 is 0.917 bits per heavy atom. The molecule has 0 aromatic heterocycles. The van der Waals surface area contributed by atoms with Gasteiger partial charge >= 0.3 is 0 Å². The molecule has 24 heavy (non-hydrogen) atoms. The van der Waals surface area contributed by atoms with Gasteiger partial charge in [-0.1, -0.05) is 77.3 Å². The van der Waals surface area contributed by atoms with Gasteiger partial charge in [-0.15, -0.1) is 0 Å². The zero-order valence-corrected chi connectivity index (χ0v) is 16.6. The summed E-state index contributed by atoms with van der Waals surface area (Å²) in [6, 6.07) is 5.10. The third-order valence-corrected chi connectivity index (χ3v) is 7.61. The van der Waals surface area contributed by atoms with Crippen LogP contribution in [0.15, 0.2) is 12.1 Å². The van der Waals surface area contributed by atoms with Crippen LogP contribution in [0, 0.1) is 25.7 Å². The fourth-order valence-corrected chi connectivity index (χ4v) is 5.87. The topological polar surface area (TPSA) is 0 Å². The first kappa shape index (κ1) is 18.0. The molecule has 1 aromatic rings. The van der Waals surface area contributed by atoms with Gasteiger partial charge in [0.05, 0.1) is 0 Å². The summed E-state index contributed by atoms with van der Waals surface area (Å²) in [4.78, 5) is 0. The minimum atomic E-state index is 0.462. The fourth-order valence-electron chi connectivity index (χ4n) is 5.87. The molecule has 0 nitrogen and oxygen atoms in total. The van der Waals surface area contributed by atoms with Gasteiger partial charge in [0.1, 0.15) is 0 Å². The normalized spacial score (nSPS) is 23.2. The first-order valence-corrected chi connectivity index (χ1v) is 10.7. The molecule has 1 unspecified atom stereocenters. The van der Waals surface area contributed by atoms with Gasteiger partial charge in [-0.05, 0) is 72.6 Å². The van der Waals surface area contributed by atoms with Gasteiger partial charge in [0.2, 0.25) is 0 Å². The van der Waals surface area contributed by atoms with Crippen molar-refractivity contribution in [3.05, 3.63) is 34.4 Å². The summed E-state index contributed by atoms with van der Waals surface area (Å²) < 4.78 is 0. The summed E-state index contributed by atoms with van der Waals surface area (Å²) in [5, 5.41) is 0. The van der Waals surface area contributed by atoms with Crippen LogP contribution in [0.4, 0.5) is 0 Å². The Morgan fingerprint density at radius 3 is 2.12 bits per heavy atom. The Labute approximate surface area is 150 Å². The molecule has 0 heterocycles. The highest BCUT2D eigenvalue weighted by Crippen LogP contribution is 2.51. The smallest absolute Gasteiger partial charge is 0.00159 e. The molecule has 0 N–H and O–H groups in total. The highest BCUT2D eigenvalue weighted by atomic mass is 14.5. The Morgan fingerprint density at radius 2 is 1.50 bits per heavy atom. The van der Waals surface area contributed by atoms with Crippen LogP contribution >= 0.6 is 0 Å². The maximum atomic E-state index is 2.62. The van der Waals surface area contributed by atoms with Gasteiger partial charge in [-0.2, -0.15) is 0 Å². The Hall–Kier alpha value is -0.780. The molecule has 2 aliphatic carbocycles. The van der Waals surface area contributed by atoms with Crippen molar-refractivity contribution in [2.75, 3.05) is 0 Å². The molecule has 0 aliphatic heterocycles. The highest BCUT2D eigenvalue weighted by molar-refractivity contribution is 5.42. The van der Waals surface area contributed by atoms with Gasteiger partial charge in [0, 0.05) is 0 Å². The summed E-state index contributed by atoms with van der Waals surface area (Å²) in [6.45, 7) is 9.59. The predicted octanol–water partition coefficient (Wildman–Crippen LogP) is 7.28. The van der Waals surface area contributed by atoms with E-state index in [1.165, 1.54) is 81.8 Å². The van der Waals surface area contributed by atoms with Crippen LogP contribution in [-0.2, 0) is 11.8 Å². The van der Waals surface area contributed by atoms with Gasteiger partial charge in [-0.3, -0.25) is 0 Å². The molecule has 0 heteroatoms. The van der Waals surface area contributed by atoms with Crippen molar-refractivity contribution < 1.29 is 0 Å². The summed E-state index contributed by atoms with van der Waals surface area (Å²) >= 11 is 0. The molecule has 2 saturated carbocycles. The molecule has 0 amide bonds. The van der Waals surface area contributed by atoms with Gasteiger partial charge in [0.15, 0.2) is 0 Å². The van der Waals surface area contributed by atoms with E-state index in [1.807, 2.05) is 0 Å². The summed E-state index contributed by atoms with van der Waals surface area (Å²) in [5.74, 6) is 1.81. The van der Waals surface area contributed by atoms with E-state index in [2.05, 4.69) is 39.8 Å². The van der Waals surface area contributed by atoms with E-state index in [1.54, 1.807) is 11.1 Å². The van der Waals surface area contributed by atoms with Crippen molar-refractivity contribution in [2.24, 2.45) is 11.8 Å². The van der Waals surface area contributed by atoms with E-state index in [-0.39, 0.29) is 0 Å². The average molecular weight is 327 g/mol. The largest absolute Gasteiger partial charge is 0.0614 e. The lowest BCUT2D eigenvalue weighted by Crippen LogP contribution is -2.41. The van der Waals surface area contributed by atoms with E-state index in [0.717, 1.165) is 11.8 Å². The maximum absolute atomic E-state index is 2.62. The maximum Gasteiger partial charge on any atom is -0.00159 e. The lowest BCUT2D eigenvalue weighted by Gasteiger charge is -2.48. The summed E-state index contributed by atoms with van der Waals surface area (Å²) in [6.07, 6.45) is 15.8. The van der Waals surface area contributed by atoms with E-state index >= 15 is 0 Å². The van der Waals surface area contributed by atoms with E-state index in [4.69, 9.17) is 0 Å². The molecular weight excluding hydrogens is 288 g/mol. The number of rotatable bonds is 4. The third kappa shape index (κ3) is 3.31. The van der Waals surface area contributed by atoms with E-state index in [9.17, 15) is 0 Å². The van der Waals surface area contributed by atoms with Crippen LogP contribution in [0.5, 0.6) is 0 Å². The van der Waals surface area contributed by atoms with Gasteiger partial charge in [0.25, 0.3) is 0 Å². The minimum Gasteiger partial charge on any atom is -0.0614 e.